The van der Waals surface area contributed by atoms with Crippen LogP contribution >= 0.6 is 0 Å². The Balaban J connectivity index is 2.40. The summed E-state index contributed by atoms with van der Waals surface area (Å²) < 4.78 is 0. The lowest BCUT2D eigenvalue weighted by Crippen LogP contribution is -2.25. The first kappa shape index (κ1) is 10.7. The molecule has 0 aromatic heterocycles. The summed E-state index contributed by atoms with van der Waals surface area (Å²) in [7, 11) is 0. The van der Waals surface area contributed by atoms with Crippen LogP contribution in [-0.2, 0) is 0 Å². The molecule has 2 rings (SSSR count). The molecular weight excluding hydrogens is 194 g/mol. The predicted molar refractivity (Wildman–Crippen MR) is 70.2 cm³/mol. The van der Waals surface area contributed by atoms with Gasteiger partial charge in [-0.05, 0) is 38.1 Å². The molecular formula is C15H17N. The quantitative estimate of drug-likeness (QED) is 0.734. The van der Waals surface area contributed by atoms with Crippen LogP contribution in [0.25, 0.3) is 0 Å². The van der Waals surface area contributed by atoms with E-state index in [1.165, 1.54) is 11.4 Å². The van der Waals surface area contributed by atoms with E-state index in [1.54, 1.807) is 0 Å². The monoisotopic (exact) mass is 211 g/mol. The summed E-state index contributed by atoms with van der Waals surface area (Å²) in [4.78, 5) is 2.33. The molecule has 0 aliphatic rings. The van der Waals surface area contributed by atoms with Gasteiger partial charge in [0.25, 0.3) is 0 Å². The molecule has 1 heteroatoms. The molecule has 0 bridgehead atoms. The Bertz CT molecular complexity index is 380. The van der Waals surface area contributed by atoms with Crippen LogP contribution in [0.2, 0.25) is 0 Å². The summed E-state index contributed by atoms with van der Waals surface area (Å²) >= 11 is 0. The maximum atomic E-state index is 2.33. The molecule has 0 saturated heterocycles. The number of hydrogen-bond acceptors (Lipinski definition) is 1. The SMILES string of the molecule is CC(C)N(c1ccccc1)c1ccccc1. The van der Waals surface area contributed by atoms with Crippen molar-refractivity contribution in [2.24, 2.45) is 0 Å². The Kier molecular flexibility index (Phi) is 3.25. The van der Waals surface area contributed by atoms with E-state index in [1.807, 2.05) is 12.1 Å². The van der Waals surface area contributed by atoms with Gasteiger partial charge in [0.05, 0.1) is 0 Å². The van der Waals surface area contributed by atoms with Gasteiger partial charge in [0, 0.05) is 17.4 Å². The Morgan fingerprint density at radius 3 is 1.38 bits per heavy atom. The number of nitrogens with zero attached hydrogens (tertiary/aromatic N) is 1. The maximum Gasteiger partial charge on any atom is 0.0413 e. The highest BCUT2D eigenvalue weighted by molar-refractivity contribution is 5.63. The molecule has 2 aromatic rings. The van der Waals surface area contributed by atoms with Gasteiger partial charge in [-0.3, -0.25) is 0 Å². The number of benzene rings is 2. The van der Waals surface area contributed by atoms with Crippen molar-refractivity contribution in [3.8, 4) is 0 Å². The first-order valence-corrected chi connectivity index (χ1v) is 5.68. The van der Waals surface area contributed by atoms with E-state index in [0.29, 0.717) is 6.04 Å². The van der Waals surface area contributed by atoms with Crippen molar-refractivity contribution in [2.45, 2.75) is 19.9 Å². The van der Waals surface area contributed by atoms with Gasteiger partial charge >= 0.3 is 0 Å². The molecule has 0 unspecified atom stereocenters. The molecule has 16 heavy (non-hydrogen) atoms. The fraction of sp³-hybridized carbons (Fsp3) is 0.200. The van der Waals surface area contributed by atoms with E-state index in [-0.39, 0.29) is 0 Å². The highest BCUT2D eigenvalue weighted by Gasteiger charge is 2.11. The van der Waals surface area contributed by atoms with E-state index >= 15 is 0 Å². The van der Waals surface area contributed by atoms with Gasteiger partial charge < -0.3 is 4.90 Å². The van der Waals surface area contributed by atoms with Crippen LogP contribution in [0.4, 0.5) is 11.4 Å². The van der Waals surface area contributed by atoms with Gasteiger partial charge in [-0.1, -0.05) is 36.4 Å². The van der Waals surface area contributed by atoms with E-state index in [2.05, 4.69) is 67.3 Å². The maximum absolute atomic E-state index is 2.33. The van der Waals surface area contributed by atoms with Crippen LogP contribution in [0.15, 0.2) is 60.7 Å². The van der Waals surface area contributed by atoms with Gasteiger partial charge in [-0.25, -0.2) is 0 Å². The third-order valence-corrected chi connectivity index (χ3v) is 2.59. The molecule has 0 fully saturated rings. The predicted octanol–water partition coefficient (Wildman–Crippen LogP) is 4.23. The molecule has 0 aliphatic heterocycles. The Morgan fingerprint density at radius 1 is 0.688 bits per heavy atom. The van der Waals surface area contributed by atoms with Crippen molar-refractivity contribution in [1.82, 2.24) is 0 Å². The van der Waals surface area contributed by atoms with Crippen LogP contribution in [0, 0.1) is 0 Å². The second-order valence-corrected chi connectivity index (χ2v) is 4.13. The zero-order chi connectivity index (χ0) is 11.4. The summed E-state index contributed by atoms with van der Waals surface area (Å²) in [6, 6.07) is 21.4. The molecule has 2 aromatic carbocycles. The third-order valence-electron chi connectivity index (χ3n) is 2.59. The van der Waals surface area contributed by atoms with Gasteiger partial charge in [-0.15, -0.1) is 0 Å². The fourth-order valence-corrected chi connectivity index (χ4v) is 1.92. The fourth-order valence-electron chi connectivity index (χ4n) is 1.92. The van der Waals surface area contributed by atoms with Crippen molar-refractivity contribution in [1.29, 1.82) is 0 Å². The smallest absolute Gasteiger partial charge is 0.0413 e. The topological polar surface area (TPSA) is 3.24 Å². The van der Waals surface area contributed by atoms with Crippen molar-refractivity contribution >= 4 is 11.4 Å². The molecule has 0 spiro atoms. The van der Waals surface area contributed by atoms with Crippen molar-refractivity contribution in [3.63, 3.8) is 0 Å². The summed E-state index contributed by atoms with van der Waals surface area (Å²) in [6.07, 6.45) is 0. The van der Waals surface area contributed by atoms with E-state index in [9.17, 15) is 0 Å². The number of anilines is 2. The molecule has 0 heterocycles. The molecule has 0 amide bonds. The van der Waals surface area contributed by atoms with Crippen LogP contribution in [0.3, 0.4) is 0 Å². The van der Waals surface area contributed by atoms with Crippen LogP contribution < -0.4 is 4.90 Å². The van der Waals surface area contributed by atoms with E-state index < -0.39 is 0 Å². The third kappa shape index (κ3) is 2.25. The first-order chi connectivity index (χ1) is 7.79. The van der Waals surface area contributed by atoms with Crippen molar-refractivity contribution in [2.75, 3.05) is 4.90 Å². The Morgan fingerprint density at radius 2 is 1.06 bits per heavy atom. The lowest BCUT2D eigenvalue weighted by Gasteiger charge is -2.29. The molecule has 1 nitrogen and oxygen atoms in total. The zero-order valence-electron chi connectivity index (χ0n) is 9.80. The molecule has 0 N–H and O–H groups in total. The van der Waals surface area contributed by atoms with Crippen LogP contribution in [-0.4, -0.2) is 6.04 Å². The molecule has 0 saturated carbocycles. The minimum Gasteiger partial charge on any atom is -0.339 e. The summed E-state index contributed by atoms with van der Waals surface area (Å²) in [5, 5.41) is 0. The highest BCUT2D eigenvalue weighted by Crippen LogP contribution is 2.26. The average Bonchev–Trinajstić information content (AvgIpc) is 2.31. The minimum absolute atomic E-state index is 0.449. The van der Waals surface area contributed by atoms with Gasteiger partial charge in [0.2, 0.25) is 0 Å². The van der Waals surface area contributed by atoms with Crippen molar-refractivity contribution < 1.29 is 0 Å². The van der Waals surface area contributed by atoms with E-state index in [4.69, 9.17) is 0 Å². The largest absolute Gasteiger partial charge is 0.339 e. The lowest BCUT2D eigenvalue weighted by molar-refractivity contribution is 0.789. The van der Waals surface area contributed by atoms with Crippen molar-refractivity contribution in [3.05, 3.63) is 60.7 Å². The highest BCUT2D eigenvalue weighted by atomic mass is 15.2. The van der Waals surface area contributed by atoms with E-state index in [0.717, 1.165) is 0 Å². The average molecular weight is 211 g/mol. The lowest BCUT2D eigenvalue weighted by atomic mass is 10.2. The minimum atomic E-state index is 0.449. The standard InChI is InChI=1S/C15H17N/c1-13(2)16(14-9-5-3-6-10-14)15-11-7-4-8-12-15/h3-13H,1-2H3. The van der Waals surface area contributed by atoms with Crippen LogP contribution in [0.1, 0.15) is 13.8 Å². The number of rotatable bonds is 3. The van der Waals surface area contributed by atoms with Gasteiger partial charge in [0.15, 0.2) is 0 Å². The summed E-state index contributed by atoms with van der Waals surface area (Å²) in [5.74, 6) is 0. The second kappa shape index (κ2) is 4.84. The second-order valence-electron chi connectivity index (χ2n) is 4.13. The molecule has 82 valence electrons. The molecule has 0 radical (unpaired) electrons. The Labute approximate surface area is 97.3 Å². The first-order valence-electron chi connectivity index (χ1n) is 5.68. The number of hydrogen-bond donors (Lipinski definition) is 0. The van der Waals surface area contributed by atoms with Gasteiger partial charge in [0.1, 0.15) is 0 Å². The zero-order valence-corrected chi connectivity index (χ0v) is 9.80. The molecule has 0 aliphatic carbocycles. The van der Waals surface area contributed by atoms with Crippen LogP contribution in [0.5, 0.6) is 0 Å². The number of para-hydroxylation sites is 2. The molecule has 0 atom stereocenters. The Hall–Kier alpha value is -1.76. The summed E-state index contributed by atoms with van der Waals surface area (Å²) in [5.41, 5.74) is 2.48. The summed E-state index contributed by atoms with van der Waals surface area (Å²) in [6.45, 7) is 4.42. The normalized spacial score (nSPS) is 10.4. The van der Waals surface area contributed by atoms with Gasteiger partial charge in [-0.2, -0.15) is 0 Å².